The molecule has 5 nitrogen and oxygen atoms in total. The lowest BCUT2D eigenvalue weighted by atomic mass is 10.0. The van der Waals surface area contributed by atoms with Crippen LogP contribution in [0.15, 0.2) is 47.5 Å². The largest absolute Gasteiger partial charge is 0.497 e. The Morgan fingerprint density at radius 3 is 2.79 bits per heavy atom. The van der Waals surface area contributed by atoms with Crippen LogP contribution >= 0.6 is 0 Å². The number of nitrogens with one attached hydrogen (secondary N) is 2. The smallest absolute Gasteiger partial charge is 0.387 e. The molecule has 2 aromatic rings. The minimum Gasteiger partial charge on any atom is -0.497 e. The van der Waals surface area contributed by atoms with Crippen molar-refractivity contribution in [1.29, 1.82) is 0 Å². The lowest BCUT2D eigenvalue weighted by Crippen LogP contribution is -2.38. The van der Waals surface area contributed by atoms with Crippen molar-refractivity contribution in [3.8, 4) is 11.5 Å². The van der Waals surface area contributed by atoms with Gasteiger partial charge in [-0.3, -0.25) is 4.99 Å². The van der Waals surface area contributed by atoms with Gasteiger partial charge in [0.15, 0.2) is 5.96 Å². The third-order valence-corrected chi connectivity index (χ3v) is 5.86. The highest BCUT2D eigenvalue weighted by Crippen LogP contribution is 2.60. The number of methoxy groups -OCH3 is 1. The van der Waals surface area contributed by atoms with E-state index in [-0.39, 0.29) is 5.75 Å². The Bertz CT molecular complexity index is 903. The number of guanidine groups is 1. The molecule has 0 radical (unpaired) electrons. The summed E-state index contributed by atoms with van der Waals surface area (Å²) >= 11 is 0. The summed E-state index contributed by atoms with van der Waals surface area (Å²) < 4.78 is 35.1. The molecule has 0 amide bonds. The Morgan fingerprint density at radius 2 is 2.03 bits per heavy atom. The maximum atomic E-state index is 12.7. The number of fused-ring (bicyclic) bond motifs is 3. The van der Waals surface area contributed by atoms with Crippen LogP contribution in [0, 0.1) is 11.8 Å². The summed E-state index contributed by atoms with van der Waals surface area (Å²) in [6.45, 7) is -1.75. The van der Waals surface area contributed by atoms with Crippen LogP contribution in [0.1, 0.15) is 22.6 Å². The van der Waals surface area contributed by atoms with Crippen LogP contribution in [-0.2, 0) is 13.0 Å². The van der Waals surface area contributed by atoms with Gasteiger partial charge in [0.1, 0.15) is 11.5 Å². The molecule has 154 valence electrons. The molecule has 3 unspecified atom stereocenters. The molecule has 1 saturated carbocycles. The fourth-order valence-corrected chi connectivity index (χ4v) is 4.41. The van der Waals surface area contributed by atoms with Crippen molar-refractivity contribution in [1.82, 2.24) is 10.6 Å². The molecule has 0 aromatic heterocycles. The highest BCUT2D eigenvalue weighted by molar-refractivity contribution is 5.79. The summed E-state index contributed by atoms with van der Waals surface area (Å²) in [4.78, 5) is 4.25. The van der Waals surface area contributed by atoms with E-state index in [0.717, 1.165) is 13.0 Å². The number of hydrogen-bond donors (Lipinski definition) is 2. The predicted octanol–water partition coefficient (Wildman–Crippen LogP) is 3.55. The molecular formula is C22H25F2N3O2. The van der Waals surface area contributed by atoms with Crippen LogP contribution in [0.2, 0.25) is 0 Å². The summed E-state index contributed by atoms with van der Waals surface area (Å²) in [7, 11) is 3.23. The molecule has 0 saturated heterocycles. The Kier molecular flexibility index (Phi) is 5.56. The van der Waals surface area contributed by atoms with Gasteiger partial charge in [0.2, 0.25) is 0 Å². The number of benzene rings is 2. The second kappa shape index (κ2) is 8.27. The van der Waals surface area contributed by atoms with Crippen molar-refractivity contribution in [3.05, 3.63) is 59.2 Å². The zero-order valence-corrected chi connectivity index (χ0v) is 16.5. The van der Waals surface area contributed by atoms with Crippen LogP contribution in [0.3, 0.4) is 0 Å². The monoisotopic (exact) mass is 401 g/mol. The number of ether oxygens (including phenoxy) is 2. The average molecular weight is 401 g/mol. The maximum absolute atomic E-state index is 12.7. The number of hydrogen-bond acceptors (Lipinski definition) is 3. The maximum Gasteiger partial charge on any atom is 0.387 e. The molecule has 2 aliphatic rings. The molecule has 7 heteroatoms. The summed E-state index contributed by atoms with van der Waals surface area (Å²) in [6.07, 6.45) is 1.15. The second-order valence-electron chi connectivity index (χ2n) is 7.42. The van der Waals surface area contributed by atoms with E-state index in [4.69, 9.17) is 4.74 Å². The van der Waals surface area contributed by atoms with Gasteiger partial charge >= 0.3 is 6.61 Å². The molecule has 3 atom stereocenters. The van der Waals surface area contributed by atoms with E-state index in [2.05, 4.69) is 44.6 Å². The Hall–Kier alpha value is -2.83. The number of rotatable bonds is 7. The van der Waals surface area contributed by atoms with E-state index in [1.54, 1.807) is 19.2 Å². The van der Waals surface area contributed by atoms with Crippen molar-refractivity contribution in [2.24, 2.45) is 16.8 Å². The molecule has 2 N–H and O–H groups in total. The van der Waals surface area contributed by atoms with Crippen molar-refractivity contribution in [2.75, 3.05) is 20.7 Å². The van der Waals surface area contributed by atoms with E-state index in [1.165, 1.54) is 24.3 Å². The summed E-state index contributed by atoms with van der Waals surface area (Å²) in [5.41, 5.74) is 3.54. The highest BCUT2D eigenvalue weighted by atomic mass is 19.3. The zero-order chi connectivity index (χ0) is 20.4. The van der Waals surface area contributed by atoms with E-state index in [9.17, 15) is 8.78 Å². The lowest BCUT2D eigenvalue weighted by molar-refractivity contribution is -0.0504. The molecule has 4 rings (SSSR count). The minimum absolute atomic E-state index is 0.122. The van der Waals surface area contributed by atoms with Crippen LogP contribution in [0.25, 0.3) is 0 Å². The number of halogens is 2. The number of nitrogens with zero attached hydrogens (tertiary/aromatic N) is 1. The van der Waals surface area contributed by atoms with Crippen molar-refractivity contribution in [3.63, 3.8) is 0 Å². The van der Waals surface area contributed by atoms with E-state index in [0.29, 0.717) is 41.6 Å². The fourth-order valence-electron chi connectivity index (χ4n) is 4.41. The topological polar surface area (TPSA) is 54.9 Å². The fraction of sp³-hybridized carbons (Fsp3) is 0.409. The summed E-state index contributed by atoms with van der Waals surface area (Å²) in [5.74, 6) is 3.30. The molecule has 0 heterocycles. The molecule has 2 aliphatic carbocycles. The third-order valence-electron chi connectivity index (χ3n) is 5.86. The molecule has 0 bridgehead atoms. The summed E-state index contributed by atoms with van der Waals surface area (Å²) in [6, 6.07) is 13.4. The minimum atomic E-state index is -2.88. The average Bonchev–Trinajstić information content (AvgIpc) is 3.26. The van der Waals surface area contributed by atoms with Crippen LogP contribution in [0.4, 0.5) is 8.78 Å². The Balaban J connectivity index is 1.33. The van der Waals surface area contributed by atoms with E-state index in [1.807, 2.05) is 0 Å². The first-order chi connectivity index (χ1) is 14.1. The van der Waals surface area contributed by atoms with Gasteiger partial charge in [0.05, 0.1) is 7.11 Å². The first-order valence-electron chi connectivity index (χ1n) is 9.74. The SMILES string of the molecule is CN=C(NCc1cc(OC)ccc1OC(F)F)NCC1C2Cc3ccccc3C12. The van der Waals surface area contributed by atoms with Gasteiger partial charge in [-0.05, 0) is 53.5 Å². The van der Waals surface area contributed by atoms with Crippen molar-refractivity contribution >= 4 is 5.96 Å². The van der Waals surface area contributed by atoms with Gasteiger partial charge in [0, 0.05) is 25.7 Å². The third kappa shape index (κ3) is 4.13. The quantitative estimate of drug-likeness (QED) is 0.550. The van der Waals surface area contributed by atoms with Crippen molar-refractivity contribution < 1.29 is 18.3 Å². The van der Waals surface area contributed by atoms with E-state index >= 15 is 0 Å². The molecule has 1 fully saturated rings. The highest BCUT2D eigenvalue weighted by Gasteiger charge is 2.54. The lowest BCUT2D eigenvalue weighted by Gasteiger charge is -2.16. The van der Waals surface area contributed by atoms with Gasteiger partial charge in [0.25, 0.3) is 0 Å². The van der Waals surface area contributed by atoms with Gasteiger partial charge in [-0.1, -0.05) is 24.3 Å². The van der Waals surface area contributed by atoms with Crippen LogP contribution < -0.4 is 20.1 Å². The number of alkyl halides is 2. The molecule has 29 heavy (non-hydrogen) atoms. The first kappa shape index (κ1) is 19.5. The molecule has 0 aliphatic heterocycles. The van der Waals surface area contributed by atoms with E-state index < -0.39 is 6.61 Å². The van der Waals surface area contributed by atoms with Gasteiger partial charge < -0.3 is 20.1 Å². The first-order valence-corrected chi connectivity index (χ1v) is 9.74. The van der Waals surface area contributed by atoms with Gasteiger partial charge in [-0.25, -0.2) is 0 Å². The Morgan fingerprint density at radius 1 is 1.21 bits per heavy atom. The summed E-state index contributed by atoms with van der Waals surface area (Å²) in [5, 5.41) is 6.55. The molecular weight excluding hydrogens is 376 g/mol. The molecule has 2 aromatic carbocycles. The normalized spacial score (nSPS) is 22.1. The zero-order valence-electron chi connectivity index (χ0n) is 16.5. The van der Waals surface area contributed by atoms with Gasteiger partial charge in [-0.2, -0.15) is 8.78 Å². The van der Waals surface area contributed by atoms with Crippen LogP contribution in [0.5, 0.6) is 11.5 Å². The van der Waals surface area contributed by atoms with Crippen molar-refractivity contribution in [2.45, 2.75) is 25.5 Å². The standard InChI is InChI=1S/C22H25F2N3O2/c1-25-22(26-11-14-9-15(28-2)7-8-19(14)29-21(23)24)27-12-18-17-10-13-5-3-4-6-16(13)20(17)18/h3-9,17-18,20-21H,10-12H2,1-2H3,(H2,25,26,27). The predicted molar refractivity (Wildman–Crippen MR) is 108 cm³/mol. The molecule has 0 spiro atoms. The van der Waals surface area contributed by atoms with Gasteiger partial charge in [-0.15, -0.1) is 0 Å². The Labute approximate surface area is 169 Å². The number of aliphatic imine (C=N–C) groups is 1. The van der Waals surface area contributed by atoms with Crippen LogP contribution in [-0.4, -0.2) is 33.3 Å². The second-order valence-corrected chi connectivity index (χ2v) is 7.42.